The van der Waals surface area contributed by atoms with E-state index in [1.807, 2.05) is 31.2 Å². The van der Waals surface area contributed by atoms with Gasteiger partial charge in [0.25, 0.3) is 0 Å². The van der Waals surface area contributed by atoms with Gasteiger partial charge in [-0.2, -0.15) is 0 Å². The first-order valence-electron chi connectivity index (χ1n) is 11.9. The Morgan fingerprint density at radius 1 is 0.935 bits per heavy atom. The topological polar surface area (TPSA) is 44.8 Å². The summed E-state index contributed by atoms with van der Waals surface area (Å²) in [6.45, 7) is 10.6. The molecule has 1 aromatic rings. The summed E-state index contributed by atoms with van der Waals surface area (Å²) in [7, 11) is 0. The molecule has 2 aliphatic rings. The Bertz CT molecular complexity index is 725. The van der Waals surface area contributed by atoms with Crippen LogP contribution in [0, 0.1) is 11.8 Å². The highest BCUT2D eigenvalue weighted by Gasteiger charge is 2.32. The first-order chi connectivity index (χ1) is 15.1. The highest BCUT2D eigenvalue weighted by molar-refractivity contribution is 5.91. The summed E-state index contributed by atoms with van der Waals surface area (Å²) in [6.07, 6.45) is 13.9. The lowest BCUT2D eigenvalue weighted by Gasteiger charge is -2.37. The summed E-state index contributed by atoms with van der Waals surface area (Å²) >= 11 is 0. The van der Waals surface area contributed by atoms with Crippen molar-refractivity contribution in [3.63, 3.8) is 0 Å². The zero-order valence-corrected chi connectivity index (χ0v) is 19.0. The number of carbonyl (C=O) groups excluding carboxylic acids is 1. The molecule has 0 atom stereocenters. The number of ether oxygens (including phenoxy) is 3. The van der Waals surface area contributed by atoms with E-state index in [-0.39, 0.29) is 12.1 Å². The van der Waals surface area contributed by atoms with E-state index >= 15 is 0 Å². The van der Waals surface area contributed by atoms with Gasteiger partial charge in [0.05, 0.1) is 18.3 Å². The van der Waals surface area contributed by atoms with Gasteiger partial charge in [-0.1, -0.05) is 25.7 Å². The lowest BCUT2D eigenvalue weighted by molar-refractivity contribution is 0.000829. The highest BCUT2D eigenvalue weighted by atomic mass is 16.5. The Morgan fingerprint density at radius 3 is 2.13 bits per heavy atom. The molecule has 4 nitrogen and oxygen atoms in total. The molecule has 3 rings (SSSR count). The first-order valence-corrected chi connectivity index (χ1v) is 11.9. The molecule has 1 aromatic carbocycles. The van der Waals surface area contributed by atoms with Crippen LogP contribution in [0.1, 0.15) is 74.2 Å². The van der Waals surface area contributed by atoms with Crippen LogP contribution in [0.15, 0.2) is 43.5 Å². The number of aryl methyl sites for hydroxylation is 1. The molecule has 0 amide bonds. The van der Waals surface area contributed by atoms with Crippen LogP contribution >= 0.6 is 0 Å². The molecule has 0 unspecified atom stereocenters. The van der Waals surface area contributed by atoms with E-state index in [9.17, 15) is 4.79 Å². The predicted molar refractivity (Wildman–Crippen MR) is 125 cm³/mol. The van der Waals surface area contributed by atoms with Gasteiger partial charge in [0, 0.05) is 0 Å². The van der Waals surface area contributed by atoms with E-state index < -0.39 is 0 Å². The Morgan fingerprint density at radius 2 is 1.55 bits per heavy atom. The lowest BCUT2D eigenvalue weighted by atomic mass is 9.72. The maximum Gasteiger partial charge on any atom is 0.338 e. The van der Waals surface area contributed by atoms with Gasteiger partial charge in [0.2, 0.25) is 0 Å². The number of hydrogen-bond acceptors (Lipinski definition) is 4. The molecule has 170 valence electrons. The minimum absolute atomic E-state index is 0.0393. The maximum atomic E-state index is 12.8. The van der Waals surface area contributed by atoms with Crippen molar-refractivity contribution in [2.75, 3.05) is 13.2 Å². The van der Waals surface area contributed by atoms with E-state index in [4.69, 9.17) is 14.2 Å². The fraction of sp³-hybridized carbons (Fsp3) is 0.593. The summed E-state index contributed by atoms with van der Waals surface area (Å²) in [4.78, 5) is 12.8. The number of esters is 1. The summed E-state index contributed by atoms with van der Waals surface area (Å²) in [5.41, 5.74) is 1.63. The van der Waals surface area contributed by atoms with Gasteiger partial charge in [0.15, 0.2) is 0 Å². The van der Waals surface area contributed by atoms with E-state index in [0.717, 1.165) is 55.3 Å². The van der Waals surface area contributed by atoms with Gasteiger partial charge < -0.3 is 14.2 Å². The number of benzene rings is 1. The third-order valence-corrected chi connectivity index (χ3v) is 6.87. The Hall–Kier alpha value is -2.07. The largest absolute Gasteiger partial charge is 0.490 e. The van der Waals surface area contributed by atoms with Crippen molar-refractivity contribution >= 4 is 5.97 Å². The van der Waals surface area contributed by atoms with Crippen LogP contribution in [0.4, 0.5) is 0 Å². The van der Waals surface area contributed by atoms with Crippen molar-refractivity contribution in [2.24, 2.45) is 11.8 Å². The molecule has 0 spiro atoms. The second-order valence-corrected chi connectivity index (χ2v) is 8.87. The van der Waals surface area contributed by atoms with Crippen molar-refractivity contribution in [1.29, 1.82) is 0 Å². The molecule has 2 saturated carbocycles. The van der Waals surface area contributed by atoms with Gasteiger partial charge in [-0.05, 0) is 93.4 Å². The maximum absolute atomic E-state index is 12.8. The van der Waals surface area contributed by atoms with Gasteiger partial charge in [-0.3, -0.25) is 0 Å². The van der Waals surface area contributed by atoms with Crippen LogP contribution < -0.4 is 4.74 Å². The number of rotatable bonds is 10. The molecule has 0 heterocycles. The van der Waals surface area contributed by atoms with Gasteiger partial charge in [-0.15, -0.1) is 6.58 Å². The van der Waals surface area contributed by atoms with Crippen LogP contribution in [0.25, 0.3) is 0 Å². The van der Waals surface area contributed by atoms with E-state index in [1.54, 1.807) is 6.08 Å². The zero-order valence-electron chi connectivity index (χ0n) is 19.0. The molecule has 2 fully saturated rings. The average Bonchev–Trinajstić information content (AvgIpc) is 2.82. The molecular weight excluding hydrogens is 388 g/mol. The lowest BCUT2D eigenvalue weighted by Crippen LogP contribution is -2.31. The first kappa shape index (κ1) is 23.6. The smallest absolute Gasteiger partial charge is 0.338 e. The Balaban J connectivity index is 1.46. The average molecular weight is 427 g/mol. The minimum atomic E-state index is -0.199. The zero-order chi connectivity index (χ0) is 22.1. The fourth-order valence-electron chi connectivity index (χ4n) is 5.13. The molecule has 31 heavy (non-hydrogen) atoms. The van der Waals surface area contributed by atoms with E-state index in [1.165, 1.54) is 25.7 Å². The van der Waals surface area contributed by atoms with Crippen LogP contribution in [0.2, 0.25) is 0 Å². The van der Waals surface area contributed by atoms with Crippen molar-refractivity contribution in [3.05, 3.63) is 54.6 Å². The highest BCUT2D eigenvalue weighted by Crippen LogP contribution is 2.39. The van der Waals surface area contributed by atoms with Crippen molar-refractivity contribution < 1.29 is 19.0 Å². The molecular formula is C27H38O4. The molecule has 4 heteroatoms. The molecule has 0 bridgehead atoms. The van der Waals surface area contributed by atoms with Crippen LogP contribution in [0.5, 0.6) is 5.75 Å². The molecule has 0 aliphatic heterocycles. The van der Waals surface area contributed by atoms with Crippen LogP contribution in [0.3, 0.4) is 0 Å². The van der Waals surface area contributed by atoms with Crippen molar-refractivity contribution in [3.8, 4) is 5.75 Å². The molecule has 0 radical (unpaired) electrons. The van der Waals surface area contributed by atoms with Crippen LogP contribution in [-0.4, -0.2) is 31.4 Å². The van der Waals surface area contributed by atoms with Crippen molar-refractivity contribution in [1.82, 2.24) is 0 Å². The number of carbonyl (C=O) groups is 1. The van der Waals surface area contributed by atoms with Crippen molar-refractivity contribution in [2.45, 2.75) is 76.9 Å². The number of hydrogen-bond donors (Lipinski definition) is 0. The quantitative estimate of drug-likeness (QED) is 0.326. The van der Waals surface area contributed by atoms with Gasteiger partial charge in [0.1, 0.15) is 18.5 Å². The summed E-state index contributed by atoms with van der Waals surface area (Å²) in [5.74, 6) is 2.13. The van der Waals surface area contributed by atoms with Gasteiger partial charge >= 0.3 is 5.97 Å². The SMILES string of the molecule is C=CCOc1ccc(C(=O)OC2CCC(C3CCC(OCC=C)CC3)CC2)c(CC)c1. The van der Waals surface area contributed by atoms with Gasteiger partial charge in [-0.25, -0.2) is 4.79 Å². The summed E-state index contributed by atoms with van der Waals surface area (Å²) in [5, 5.41) is 0. The van der Waals surface area contributed by atoms with Crippen LogP contribution in [-0.2, 0) is 15.9 Å². The second kappa shape index (κ2) is 12.1. The minimum Gasteiger partial charge on any atom is -0.490 e. The Labute approximate surface area is 187 Å². The summed E-state index contributed by atoms with van der Waals surface area (Å²) < 4.78 is 17.3. The summed E-state index contributed by atoms with van der Waals surface area (Å²) in [6, 6.07) is 5.61. The van der Waals surface area contributed by atoms with E-state index in [0.29, 0.717) is 24.9 Å². The third-order valence-electron chi connectivity index (χ3n) is 6.87. The second-order valence-electron chi connectivity index (χ2n) is 8.87. The standard InChI is InChI=1S/C27H38O4/c1-4-17-29-23-11-7-21(8-12-23)22-9-13-24(14-10-22)31-27(28)26-16-15-25(30-18-5-2)19-20(26)6-3/h4-5,15-16,19,21-24H,1-2,6-14,17-18H2,3H3. The predicted octanol–water partition coefficient (Wildman–Crippen LogP) is 6.29. The Kier molecular flexibility index (Phi) is 9.20. The molecule has 0 N–H and O–H groups in total. The molecule has 0 saturated heterocycles. The third kappa shape index (κ3) is 6.70. The molecule has 2 aliphatic carbocycles. The van der Waals surface area contributed by atoms with E-state index in [2.05, 4.69) is 13.2 Å². The normalized spacial score (nSPS) is 26.1. The fourth-order valence-corrected chi connectivity index (χ4v) is 5.13. The monoisotopic (exact) mass is 426 g/mol. The molecule has 0 aromatic heterocycles.